The highest BCUT2D eigenvalue weighted by Gasteiger charge is 2.27. The van der Waals surface area contributed by atoms with Crippen molar-refractivity contribution in [2.45, 2.75) is 26.3 Å². The molecule has 2 aromatic rings. The minimum absolute atomic E-state index is 0.0507. The summed E-state index contributed by atoms with van der Waals surface area (Å²) in [6.07, 6.45) is 0.987. The van der Waals surface area contributed by atoms with Crippen LogP contribution in [0.25, 0.3) is 0 Å². The Morgan fingerprint density at radius 3 is 2.79 bits per heavy atom. The van der Waals surface area contributed by atoms with Gasteiger partial charge in [-0.1, -0.05) is 42.8 Å². The molecule has 1 nitrogen and oxygen atoms in total. The Hall–Kier alpha value is -1.83. The third-order valence-corrected chi connectivity index (χ3v) is 3.93. The molecule has 0 bridgehead atoms. The van der Waals surface area contributed by atoms with E-state index in [1.807, 2.05) is 25.1 Å². The fraction of sp³-hybridized carbons (Fsp3) is 0.294. The Labute approximate surface area is 113 Å². The number of para-hydroxylation sites is 1. The van der Waals surface area contributed by atoms with Crippen LogP contribution in [0.1, 0.15) is 29.7 Å². The molecule has 2 unspecified atom stereocenters. The van der Waals surface area contributed by atoms with Crippen molar-refractivity contribution in [3.8, 4) is 0 Å². The van der Waals surface area contributed by atoms with Gasteiger partial charge in [0.25, 0.3) is 0 Å². The number of rotatable bonds is 1. The molecule has 0 saturated carbocycles. The zero-order chi connectivity index (χ0) is 13.4. The van der Waals surface area contributed by atoms with Crippen molar-refractivity contribution in [3.63, 3.8) is 0 Å². The second kappa shape index (κ2) is 4.69. The van der Waals surface area contributed by atoms with E-state index >= 15 is 0 Å². The molecule has 3 rings (SSSR count). The first kappa shape index (κ1) is 12.2. The summed E-state index contributed by atoms with van der Waals surface area (Å²) in [7, 11) is 0. The van der Waals surface area contributed by atoms with Crippen LogP contribution >= 0.6 is 0 Å². The molecule has 1 aliphatic heterocycles. The van der Waals surface area contributed by atoms with Gasteiger partial charge in [0, 0.05) is 11.3 Å². The number of halogens is 1. The normalized spacial score (nSPS) is 21.6. The van der Waals surface area contributed by atoms with Crippen molar-refractivity contribution in [2.24, 2.45) is 5.92 Å². The van der Waals surface area contributed by atoms with Crippen LogP contribution in [-0.4, -0.2) is 0 Å². The van der Waals surface area contributed by atoms with E-state index in [-0.39, 0.29) is 11.9 Å². The highest BCUT2D eigenvalue weighted by Crippen LogP contribution is 2.37. The van der Waals surface area contributed by atoms with Crippen molar-refractivity contribution in [1.82, 2.24) is 0 Å². The molecule has 1 aliphatic rings. The van der Waals surface area contributed by atoms with Gasteiger partial charge in [-0.25, -0.2) is 4.39 Å². The lowest BCUT2D eigenvalue weighted by Gasteiger charge is -2.33. The summed E-state index contributed by atoms with van der Waals surface area (Å²) < 4.78 is 14.1. The smallest absolute Gasteiger partial charge is 0.128 e. The topological polar surface area (TPSA) is 12.0 Å². The highest BCUT2D eigenvalue weighted by molar-refractivity contribution is 5.55. The van der Waals surface area contributed by atoms with E-state index in [0.717, 1.165) is 23.2 Å². The summed E-state index contributed by atoms with van der Waals surface area (Å²) in [4.78, 5) is 0. The second-order valence-corrected chi connectivity index (χ2v) is 5.49. The molecule has 98 valence electrons. The minimum atomic E-state index is -0.116. The molecule has 0 radical (unpaired) electrons. The number of nitrogens with one attached hydrogen (secondary N) is 1. The third-order valence-electron chi connectivity index (χ3n) is 3.93. The van der Waals surface area contributed by atoms with Gasteiger partial charge in [-0.2, -0.15) is 0 Å². The number of hydrogen-bond donors (Lipinski definition) is 1. The number of fused-ring (bicyclic) bond motifs is 1. The lowest BCUT2D eigenvalue weighted by Crippen LogP contribution is -2.26. The number of aryl methyl sites for hydroxylation is 1. The molecule has 0 aliphatic carbocycles. The van der Waals surface area contributed by atoms with E-state index in [1.165, 1.54) is 5.56 Å². The fourth-order valence-electron chi connectivity index (χ4n) is 2.90. The van der Waals surface area contributed by atoms with Crippen LogP contribution in [0.3, 0.4) is 0 Å². The van der Waals surface area contributed by atoms with Gasteiger partial charge in [-0.15, -0.1) is 0 Å². The van der Waals surface area contributed by atoms with E-state index in [9.17, 15) is 4.39 Å². The molecule has 19 heavy (non-hydrogen) atoms. The van der Waals surface area contributed by atoms with Crippen LogP contribution in [0.5, 0.6) is 0 Å². The maximum absolute atomic E-state index is 14.1. The van der Waals surface area contributed by atoms with Crippen molar-refractivity contribution in [3.05, 3.63) is 65.0 Å². The van der Waals surface area contributed by atoms with E-state index in [1.54, 1.807) is 6.07 Å². The zero-order valence-corrected chi connectivity index (χ0v) is 11.3. The first-order chi connectivity index (χ1) is 9.15. The van der Waals surface area contributed by atoms with Crippen LogP contribution in [-0.2, 0) is 6.42 Å². The van der Waals surface area contributed by atoms with E-state index < -0.39 is 0 Å². The summed E-state index contributed by atoms with van der Waals surface area (Å²) >= 11 is 0. The summed E-state index contributed by atoms with van der Waals surface area (Å²) in [5.41, 5.74) is 4.33. The van der Waals surface area contributed by atoms with Gasteiger partial charge in [0.2, 0.25) is 0 Å². The Morgan fingerprint density at radius 1 is 1.16 bits per heavy atom. The van der Waals surface area contributed by atoms with E-state index in [2.05, 4.69) is 30.4 Å². The molecule has 2 heteroatoms. The van der Waals surface area contributed by atoms with Crippen LogP contribution < -0.4 is 5.32 Å². The summed E-state index contributed by atoms with van der Waals surface area (Å²) in [6, 6.07) is 13.7. The van der Waals surface area contributed by atoms with E-state index in [0.29, 0.717) is 5.92 Å². The molecule has 0 fully saturated rings. The summed E-state index contributed by atoms with van der Waals surface area (Å²) in [5.74, 6) is 0.264. The van der Waals surface area contributed by atoms with Gasteiger partial charge in [0.1, 0.15) is 5.82 Å². The van der Waals surface area contributed by atoms with Gasteiger partial charge in [0.05, 0.1) is 6.04 Å². The molecule has 1 heterocycles. The Bertz CT molecular complexity index is 606. The standard InChI is InChI=1S/C17H18FN/c1-11-7-8-15(18)14(9-11)17-12(2)10-13-5-3-4-6-16(13)19-17/h3-9,12,17,19H,10H2,1-2H3. The Morgan fingerprint density at radius 2 is 1.95 bits per heavy atom. The first-order valence-electron chi connectivity index (χ1n) is 6.75. The number of anilines is 1. The summed E-state index contributed by atoms with van der Waals surface area (Å²) in [6.45, 7) is 4.18. The Balaban J connectivity index is 2.00. The average Bonchev–Trinajstić information content (AvgIpc) is 2.41. The van der Waals surface area contributed by atoms with Gasteiger partial charge in [-0.3, -0.25) is 0 Å². The van der Waals surface area contributed by atoms with Gasteiger partial charge < -0.3 is 5.32 Å². The monoisotopic (exact) mass is 255 g/mol. The molecule has 0 amide bonds. The first-order valence-corrected chi connectivity index (χ1v) is 6.75. The average molecular weight is 255 g/mol. The predicted molar refractivity (Wildman–Crippen MR) is 76.8 cm³/mol. The molecule has 0 aromatic heterocycles. The molecular formula is C17H18FN. The maximum Gasteiger partial charge on any atom is 0.128 e. The molecule has 2 atom stereocenters. The summed E-state index contributed by atoms with van der Waals surface area (Å²) in [5, 5.41) is 3.49. The van der Waals surface area contributed by atoms with Crippen LogP contribution in [0.4, 0.5) is 10.1 Å². The van der Waals surface area contributed by atoms with Crippen LogP contribution in [0.15, 0.2) is 42.5 Å². The molecule has 2 aromatic carbocycles. The number of hydrogen-bond acceptors (Lipinski definition) is 1. The minimum Gasteiger partial charge on any atom is -0.378 e. The third kappa shape index (κ3) is 2.23. The van der Waals surface area contributed by atoms with E-state index in [4.69, 9.17) is 0 Å². The SMILES string of the molecule is Cc1ccc(F)c(C2Nc3ccccc3CC2C)c1. The predicted octanol–water partition coefficient (Wildman–Crippen LogP) is 4.48. The van der Waals surface area contributed by atoms with Crippen molar-refractivity contribution < 1.29 is 4.39 Å². The highest BCUT2D eigenvalue weighted by atomic mass is 19.1. The molecule has 0 spiro atoms. The van der Waals surface area contributed by atoms with Gasteiger partial charge in [-0.05, 0) is 37.0 Å². The van der Waals surface area contributed by atoms with Crippen LogP contribution in [0.2, 0.25) is 0 Å². The van der Waals surface area contributed by atoms with Crippen molar-refractivity contribution in [2.75, 3.05) is 5.32 Å². The van der Waals surface area contributed by atoms with Crippen molar-refractivity contribution in [1.29, 1.82) is 0 Å². The van der Waals surface area contributed by atoms with Gasteiger partial charge >= 0.3 is 0 Å². The zero-order valence-electron chi connectivity index (χ0n) is 11.3. The second-order valence-electron chi connectivity index (χ2n) is 5.49. The van der Waals surface area contributed by atoms with Crippen molar-refractivity contribution >= 4 is 5.69 Å². The van der Waals surface area contributed by atoms with Gasteiger partial charge in [0.15, 0.2) is 0 Å². The molecular weight excluding hydrogens is 237 g/mol. The lowest BCUT2D eigenvalue weighted by molar-refractivity contribution is 0.459. The molecule has 1 N–H and O–H groups in total. The fourth-order valence-corrected chi connectivity index (χ4v) is 2.90. The largest absolute Gasteiger partial charge is 0.378 e. The maximum atomic E-state index is 14.1. The lowest BCUT2D eigenvalue weighted by atomic mass is 9.84. The quantitative estimate of drug-likeness (QED) is 0.792. The molecule has 0 saturated heterocycles. The number of benzene rings is 2. The van der Waals surface area contributed by atoms with Crippen LogP contribution in [0, 0.1) is 18.7 Å². The Kier molecular flexibility index (Phi) is 3.02.